The summed E-state index contributed by atoms with van der Waals surface area (Å²) in [5, 5.41) is 9.00. The first-order valence-electron chi connectivity index (χ1n) is 6.40. The van der Waals surface area contributed by atoms with E-state index in [0.29, 0.717) is 5.69 Å². The van der Waals surface area contributed by atoms with Gasteiger partial charge in [-0.3, -0.25) is 4.57 Å². The minimum Gasteiger partial charge on any atom is -0.399 e. The Labute approximate surface area is 117 Å². The molecule has 0 saturated carbocycles. The van der Waals surface area contributed by atoms with E-state index in [4.69, 9.17) is 11.0 Å². The van der Waals surface area contributed by atoms with Gasteiger partial charge in [-0.05, 0) is 42.8 Å². The van der Waals surface area contributed by atoms with Gasteiger partial charge < -0.3 is 5.73 Å². The number of nitrogens with two attached hydrogens (primary N) is 1. The Morgan fingerprint density at radius 1 is 1.25 bits per heavy atom. The third kappa shape index (κ3) is 1.99. The van der Waals surface area contributed by atoms with Gasteiger partial charge in [0.2, 0.25) is 0 Å². The number of para-hydroxylation sites is 2. The van der Waals surface area contributed by atoms with Crippen LogP contribution in [-0.4, -0.2) is 9.55 Å². The number of rotatable bonds is 2. The highest BCUT2D eigenvalue weighted by molar-refractivity contribution is 5.78. The van der Waals surface area contributed by atoms with Gasteiger partial charge in [0.1, 0.15) is 5.82 Å². The van der Waals surface area contributed by atoms with Gasteiger partial charge >= 0.3 is 0 Å². The number of nitrogens with zero attached hydrogens (tertiary/aromatic N) is 3. The van der Waals surface area contributed by atoms with E-state index in [9.17, 15) is 0 Å². The maximum atomic E-state index is 9.00. The minimum absolute atomic E-state index is 0.266. The Hall–Kier alpha value is -2.80. The standard InChI is InChI=1S/C16H14N4/c1-11-8-12(18)10-13(9-11)20-15-5-3-2-4-14(15)19-16(20)6-7-17/h2-5,8-10H,6,18H2,1H3. The largest absolute Gasteiger partial charge is 0.399 e. The van der Waals surface area contributed by atoms with Crippen LogP contribution in [0.15, 0.2) is 42.5 Å². The van der Waals surface area contributed by atoms with Crippen molar-refractivity contribution in [3.63, 3.8) is 0 Å². The number of nitrogen functional groups attached to an aromatic ring is 1. The predicted octanol–water partition coefficient (Wildman–Crippen LogP) is 2.98. The summed E-state index contributed by atoms with van der Waals surface area (Å²) in [5.41, 5.74) is 10.5. The summed E-state index contributed by atoms with van der Waals surface area (Å²) >= 11 is 0. The van der Waals surface area contributed by atoms with Crippen molar-refractivity contribution in [1.29, 1.82) is 5.26 Å². The Bertz CT molecular complexity index is 804. The molecule has 0 atom stereocenters. The molecule has 0 spiro atoms. The molecule has 0 aliphatic carbocycles. The van der Waals surface area contributed by atoms with Crippen molar-refractivity contribution in [2.24, 2.45) is 0 Å². The van der Waals surface area contributed by atoms with Gasteiger partial charge in [0.25, 0.3) is 0 Å². The second kappa shape index (κ2) is 4.71. The molecule has 0 unspecified atom stereocenters. The zero-order valence-corrected chi connectivity index (χ0v) is 11.2. The number of nitriles is 1. The summed E-state index contributed by atoms with van der Waals surface area (Å²) in [6, 6.07) is 15.9. The average Bonchev–Trinajstić information content (AvgIpc) is 2.76. The van der Waals surface area contributed by atoms with E-state index in [1.54, 1.807) is 0 Å². The predicted molar refractivity (Wildman–Crippen MR) is 79.5 cm³/mol. The van der Waals surface area contributed by atoms with Gasteiger partial charge in [-0.15, -0.1) is 0 Å². The molecule has 0 saturated heterocycles. The third-order valence-corrected chi connectivity index (χ3v) is 3.21. The van der Waals surface area contributed by atoms with Crippen molar-refractivity contribution in [2.45, 2.75) is 13.3 Å². The van der Waals surface area contributed by atoms with Gasteiger partial charge in [0.05, 0.1) is 23.5 Å². The van der Waals surface area contributed by atoms with E-state index in [0.717, 1.165) is 28.1 Å². The van der Waals surface area contributed by atoms with Crippen LogP contribution < -0.4 is 5.73 Å². The van der Waals surface area contributed by atoms with Crippen LogP contribution >= 0.6 is 0 Å². The summed E-state index contributed by atoms with van der Waals surface area (Å²) in [7, 11) is 0. The maximum Gasteiger partial charge on any atom is 0.128 e. The first kappa shape index (κ1) is 12.2. The zero-order chi connectivity index (χ0) is 14.1. The Kier molecular flexibility index (Phi) is 2.88. The van der Waals surface area contributed by atoms with Gasteiger partial charge in [-0.25, -0.2) is 4.98 Å². The molecular formula is C16H14N4. The zero-order valence-electron chi connectivity index (χ0n) is 11.2. The highest BCUT2D eigenvalue weighted by Crippen LogP contribution is 2.24. The molecule has 1 heterocycles. The number of imidazole rings is 1. The second-order valence-electron chi connectivity index (χ2n) is 4.79. The number of hydrogen-bond acceptors (Lipinski definition) is 3. The molecule has 1 aromatic heterocycles. The summed E-state index contributed by atoms with van der Waals surface area (Å²) in [6.45, 7) is 2.00. The number of benzene rings is 2. The Morgan fingerprint density at radius 3 is 2.80 bits per heavy atom. The van der Waals surface area contributed by atoms with Crippen LogP contribution in [0.25, 0.3) is 16.7 Å². The lowest BCUT2D eigenvalue weighted by Gasteiger charge is -2.10. The molecule has 4 nitrogen and oxygen atoms in total. The summed E-state index contributed by atoms with van der Waals surface area (Å²) in [5.74, 6) is 0.735. The molecule has 0 radical (unpaired) electrons. The lowest BCUT2D eigenvalue weighted by atomic mass is 10.2. The van der Waals surface area contributed by atoms with Crippen LogP contribution in [0, 0.1) is 18.3 Å². The SMILES string of the molecule is Cc1cc(N)cc(-n2c(CC#N)nc3ccccc32)c1. The molecule has 4 heteroatoms. The van der Waals surface area contributed by atoms with Crippen LogP contribution in [0.5, 0.6) is 0 Å². The lowest BCUT2D eigenvalue weighted by molar-refractivity contribution is 0.953. The highest BCUT2D eigenvalue weighted by Gasteiger charge is 2.12. The molecule has 0 fully saturated rings. The molecule has 0 bridgehead atoms. The van der Waals surface area contributed by atoms with Crippen LogP contribution in [0.3, 0.4) is 0 Å². The van der Waals surface area contributed by atoms with E-state index in [1.165, 1.54) is 0 Å². The van der Waals surface area contributed by atoms with E-state index in [2.05, 4.69) is 11.1 Å². The molecule has 0 amide bonds. The van der Waals surface area contributed by atoms with Crippen molar-refractivity contribution >= 4 is 16.7 Å². The van der Waals surface area contributed by atoms with E-state index < -0.39 is 0 Å². The third-order valence-electron chi connectivity index (χ3n) is 3.21. The number of aryl methyl sites for hydroxylation is 1. The first-order valence-corrected chi connectivity index (χ1v) is 6.40. The number of anilines is 1. The van der Waals surface area contributed by atoms with Crippen LogP contribution in [0.2, 0.25) is 0 Å². The minimum atomic E-state index is 0.266. The van der Waals surface area contributed by atoms with E-state index >= 15 is 0 Å². The highest BCUT2D eigenvalue weighted by atomic mass is 15.1. The molecule has 98 valence electrons. The average molecular weight is 262 g/mol. The molecule has 0 aliphatic rings. The van der Waals surface area contributed by atoms with E-state index in [-0.39, 0.29) is 6.42 Å². The lowest BCUT2D eigenvalue weighted by Crippen LogP contribution is -2.02. The van der Waals surface area contributed by atoms with Crippen LogP contribution in [0.4, 0.5) is 5.69 Å². The molecular weight excluding hydrogens is 248 g/mol. The maximum absolute atomic E-state index is 9.00. The van der Waals surface area contributed by atoms with Crippen molar-refractivity contribution in [1.82, 2.24) is 9.55 Å². The monoisotopic (exact) mass is 262 g/mol. The quantitative estimate of drug-likeness (QED) is 0.722. The second-order valence-corrected chi connectivity index (χ2v) is 4.79. The summed E-state index contributed by atoms with van der Waals surface area (Å²) < 4.78 is 2.00. The van der Waals surface area contributed by atoms with Gasteiger partial charge in [-0.1, -0.05) is 12.1 Å². The van der Waals surface area contributed by atoms with Gasteiger partial charge in [0.15, 0.2) is 0 Å². The summed E-state index contributed by atoms with van der Waals surface area (Å²) in [6.07, 6.45) is 0.266. The molecule has 20 heavy (non-hydrogen) atoms. The van der Waals surface area contributed by atoms with Crippen molar-refractivity contribution in [3.05, 3.63) is 53.9 Å². The molecule has 3 rings (SSSR count). The Balaban J connectivity index is 2.33. The smallest absolute Gasteiger partial charge is 0.128 e. The number of aromatic nitrogens is 2. The van der Waals surface area contributed by atoms with Crippen molar-refractivity contribution in [3.8, 4) is 11.8 Å². The molecule has 0 aliphatic heterocycles. The van der Waals surface area contributed by atoms with Crippen molar-refractivity contribution in [2.75, 3.05) is 5.73 Å². The molecule has 3 aromatic rings. The number of fused-ring (bicyclic) bond motifs is 1. The fourth-order valence-electron chi connectivity index (χ4n) is 2.47. The topological polar surface area (TPSA) is 67.6 Å². The van der Waals surface area contributed by atoms with Crippen LogP contribution in [0.1, 0.15) is 11.4 Å². The molecule has 2 N–H and O–H groups in total. The summed E-state index contributed by atoms with van der Waals surface area (Å²) in [4.78, 5) is 4.54. The van der Waals surface area contributed by atoms with Crippen LogP contribution in [-0.2, 0) is 6.42 Å². The fraction of sp³-hybridized carbons (Fsp3) is 0.125. The van der Waals surface area contributed by atoms with Gasteiger partial charge in [-0.2, -0.15) is 5.26 Å². The normalized spacial score (nSPS) is 10.6. The van der Waals surface area contributed by atoms with E-state index in [1.807, 2.05) is 54.0 Å². The molecule has 2 aromatic carbocycles. The van der Waals surface area contributed by atoms with Gasteiger partial charge in [0, 0.05) is 11.4 Å². The van der Waals surface area contributed by atoms with Crippen molar-refractivity contribution < 1.29 is 0 Å². The first-order chi connectivity index (χ1) is 9.69. The number of hydrogen-bond donors (Lipinski definition) is 1. The fourth-order valence-corrected chi connectivity index (χ4v) is 2.47. The Morgan fingerprint density at radius 2 is 2.05 bits per heavy atom.